The molecule has 0 bridgehead atoms. The van der Waals surface area contributed by atoms with Crippen molar-refractivity contribution in [3.63, 3.8) is 0 Å². The van der Waals surface area contributed by atoms with Gasteiger partial charge >= 0.3 is 6.09 Å². The number of halogens is 1. The van der Waals surface area contributed by atoms with E-state index < -0.39 is 5.60 Å². The van der Waals surface area contributed by atoms with E-state index in [9.17, 15) is 4.79 Å². The third-order valence-electron chi connectivity index (χ3n) is 3.42. The molecular formula is C15H18BrN5O2. The van der Waals surface area contributed by atoms with Gasteiger partial charge in [-0.3, -0.25) is 9.88 Å². The summed E-state index contributed by atoms with van der Waals surface area (Å²) in [7, 11) is 1.90. The van der Waals surface area contributed by atoms with Gasteiger partial charge in [0.1, 0.15) is 15.9 Å². The van der Waals surface area contributed by atoms with E-state index in [-0.39, 0.29) is 6.09 Å². The number of imidazole rings is 1. The van der Waals surface area contributed by atoms with Gasteiger partial charge in [0.25, 0.3) is 0 Å². The van der Waals surface area contributed by atoms with Gasteiger partial charge in [-0.05, 0) is 36.7 Å². The molecule has 0 saturated heterocycles. The van der Waals surface area contributed by atoms with E-state index in [1.54, 1.807) is 17.3 Å². The van der Waals surface area contributed by atoms with Gasteiger partial charge < -0.3 is 9.30 Å². The van der Waals surface area contributed by atoms with Crippen LogP contribution in [0.5, 0.6) is 0 Å². The fourth-order valence-corrected chi connectivity index (χ4v) is 2.59. The maximum Gasteiger partial charge on any atom is 0.410 e. The van der Waals surface area contributed by atoms with Gasteiger partial charge in [-0.15, -0.1) is 0 Å². The normalized spacial score (nSPS) is 14.0. The van der Waals surface area contributed by atoms with Crippen LogP contribution < -0.4 is 0 Å². The van der Waals surface area contributed by atoms with Crippen molar-refractivity contribution in [2.24, 2.45) is 7.05 Å². The Kier molecular flexibility index (Phi) is 3.87. The molecule has 1 aliphatic rings. The number of carbonyl (C=O) groups is 1. The van der Waals surface area contributed by atoms with E-state index >= 15 is 0 Å². The number of rotatable bonds is 1. The zero-order valence-electron chi connectivity index (χ0n) is 13.5. The Bertz CT molecular complexity index is 766. The lowest BCUT2D eigenvalue weighted by atomic mass is 10.2. The van der Waals surface area contributed by atoms with E-state index in [4.69, 9.17) is 4.74 Å². The molecule has 122 valence electrons. The second-order valence-corrected chi connectivity index (χ2v) is 7.26. The topological polar surface area (TPSA) is 73.1 Å². The monoisotopic (exact) mass is 379 g/mol. The number of fused-ring (bicyclic) bond motifs is 1. The lowest BCUT2D eigenvalue weighted by Gasteiger charge is -2.23. The van der Waals surface area contributed by atoms with Crippen LogP contribution in [0.3, 0.4) is 0 Å². The van der Waals surface area contributed by atoms with Crippen LogP contribution in [0.4, 0.5) is 4.79 Å². The van der Waals surface area contributed by atoms with Gasteiger partial charge in [-0.2, -0.15) is 0 Å². The van der Waals surface area contributed by atoms with Crippen molar-refractivity contribution in [3.05, 3.63) is 28.4 Å². The molecule has 0 atom stereocenters. The van der Waals surface area contributed by atoms with E-state index in [1.165, 1.54) is 0 Å². The van der Waals surface area contributed by atoms with Crippen molar-refractivity contribution >= 4 is 22.0 Å². The van der Waals surface area contributed by atoms with E-state index in [0.717, 1.165) is 21.8 Å². The van der Waals surface area contributed by atoms with Crippen molar-refractivity contribution < 1.29 is 9.53 Å². The summed E-state index contributed by atoms with van der Waals surface area (Å²) in [5.74, 6) is 0.725. The molecule has 0 unspecified atom stereocenters. The summed E-state index contributed by atoms with van der Waals surface area (Å²) in [6.45, 7) is 6.36. The minimum absolute atomic E-state index is 0.349. The Morgan fingerprint density at radius 2 is 1.91 bits per heavy atom. The first-order valence-corrected chi connectivity index (χ1v) is 8.04. The van der Waals surface area contributed by atoms with Crippen LogP contribution in [-0.2, 0) is 24.9 Å². The Hall–Kier alpha value is -1.96. The molecule has 0 radical (unpaired) electrons. The first-order valence-electron chi connectivity index (χ1n) is 7.25. The second kappa shape index (κ2) is 5.59. The highest BCUT2D eigenvalue weighted by molar-refractivity contribution is 9.10. The van der Waals surface area contributed by atoms with Crippen LogP contribution in [-0.4, -0.2) is 36.1 Å². The summed E-state index contributed by atoms with van der Waals surface area (Å²) in [5.41, 5.74) is 1.75. The average molecular weight is 380 g/mol. The zero-order valence-corrected chi connectivity index (χ0v) is 15.1. The van der Waals surface area contributed by atoms with Crippen LogP contribution >= 0.6 is 15.9 Å². The van der Waals surface area contributed by atoms with E-state index in [2.05, 4.69) is 30.9 Å². The number of hydrogen-bond acceptors (Lipinski definition) is 5. The largest absolute Gasteiger partial charge is 0.444 e. The Balaban J connectivity index is 1.81. The molecule has 1 aliphatic heterocycles. The van der Waals surface area contributed by atoms with Crippen LogP contribution in [0.1, 0.15) is 32.2 Å². The average Bonchev–Trinajstić information content (AvgIpc) is 3.01. The van der Waals surface area contributed by atoms with Crippen molar-refractivity contribution in [1.82, 2.24) is 24.4 Å². The van der Waals surface area contributed by atoms with Gasteiger partial charge in [0, 0.05) is 7.05 Å². The molecule has 2 aromatic heterocycles. The van der Waals surface area contributed by atoms with Crippen LogP contribution in [0, 0.1) is 0 Å². The SMILES string of the molecule is Cn1c(Br)cnc1-c1cnc2c(n1)CN(C(=O)OC(C)(C)C)C2. The first-order chi connectivity index (χ1) is 10.7. The van der Waals surface area contributed by atoms with Crippen molar-refractivity contribution in [1.29, 1.82) is 0 Å². The van der Waals surface area contributed by atoms with E-state index in [1.807, 2.05) is 32.4 Å². The third-order valence-corrected chi connectivity index (χ3v) is 4.16. The van der Waals surface area contributed by atoms with Crippen LogP contribution in [0.15, 0.2) is 17.0 Å². The first kappa shape index (κ1) is 15.9. The molecular weight excluding hydrogens is 362 g/mol. The van der Waals surface area contributed by atoms with Gasteiger partial charge in [0.2, 0.25) is 0 Å². The molecule has 0 N–H and O–H groups in total. The molecule has 2 aromatic rings. The van der Waals surface area contributed by atoms with Gasteiger partial charge in [-0.25, -0.2) is 14.8 Å². The molecule has 0 aromatic carbocycles. The predicted octanol–water partition coefficient (Wildman–Crippen LogP) is 2.89. The Morgan fingerprint density at radius 3 is 2.52 bits per heavy atom. The molecule has 23 heavy (non-hydrogen) atoms. The molecule has 0 aliphatic carbocycles. The van der Waals surface area contributed by atoms with E-state index in [0.29, 0.717) is 18.8 Å². The van der Waals surface area contributed by atoms with Crippen molar-refractivity contribution in [3.8, 4) is 11.5 Å². The second-order valence-electron chi connectivity index (χ2n) is 6.45. The lowest BCUT2D eigenvalue weighted by Crippen LogP contribution is -2.33. The highest BCUT2D eigenvalue weighted by atomic mass is 79.9. The quantitative estimate of drug-likeness (QED) is 0.761. The molecule has 7 nitrogen and oxygen atoms in total. The molecule has 0 saturated carbocycles. The maximum absolute atomic E-state index is 12.2. The fraction of sp³-hybridized carbons (Fsp3) is 0.467. The number of aromatic nitrogens is 4. The van der Waals surface area contributed by atoms with Gasteiger partial charge in [-0.1, -0.05) is 0 Å². The lowest BCUT2D eigenvalue weighted by molar-refractivity contribution is 0.0239. The predicted molar refractivity (Wildman–Crippen MR) is 87.4 cm³/mol. The Labute approximate surface area is 142 Å². The number of amides is 1. The number of carbonyl (C=O) groups excluding carboxylic acids is 1. The summed E-state index contributed by atoms with van der Waals surface area (Å²) in [6, 6.07) is 0. The molecule has 3 rings (SSSR count). The number of hydrogen-bond donors (Lipinski definition) is 0. The summed E-state index contributed by atoms with van der Waals surface area (Å²) in [5, 5.41) is 0. The summed E-state index contributed by atoms with van der Waals surface area (Å²) in [6.07, 6.45) is 3.06. The zero-order chi connectivity index (χ0) is 16.8. The van der Waals surface area contributed by atoms with Gasteiger partial charge in [0.05, 0.1) is 36.9 Å². The van der Waals surface area contributed by atoms with Crippen molar-refractivity contribution in [2.75, 3.05) is 0 Å². The third kappa shape index (κ3) is 3.21. The number of nitrogens with zero attached hydrogens (tertiary/aromatic N) is 5. The Morgan fingerprint density at radius 1 is 1.22 bits per heavy atom. The van der Waals surface area contributed by atoms with Crippen LogP contribution in [0.2, 0.25) is 0 Å². The fourth-order valence-electron chi connectivity index (χ4n) is 2.32. The molecule has 1 amide bonds. The van der Waals surface area contributed by atoms with Crippen molar-refractivity contribution in [2.45, 2.75) is 39.5 Å². The molecule has 3 heterocycles. The van der Waals surface area contributed by atoms with Gasteiger partial charge in [0.15, 0.2) is 5.82 Å². The smallest absolute Gasteiger partial charge is 0.410 e. The number of ether oxygens (including phenoxy) is 1. The van der Waals surface area contributed by atoms with Crippen LogP contribution in [0.25, 0.3) is 11.5 Å². The molecule has 0 fully saturated rings. The minimum atomic E-state index is -0.517. The minimum Gasteiger partial charge on any atom is -0.444 e. The summed E-state index contributed by atoms with van der Waals surface area (Å²) in [4.78, 5) is 27.1. The molecule has 0 spiro atoms. The summed E-state index contributed by atoms with van der Waals surface area (Å²) < 4.78 is 8.15. The standard InChI is InChI=1S/C15H18BrN5O2/c1-15(2,3)23-14(22)21-7-10-11(8-21)19-9(5-17-10)13-18-6-12(16)20(13)4/h5-6H,7-8H2,1-4H3. The highest BCUT2D eigenvalue weighted by Gasteiger charge is 2.30. The maximum atomic E-state index is 12.2. The summed E-state index contributed by atoms with van der Waals surface area (Å²) >= 11 is 3.42. The highest BCUT2D eigenvalue weighted by Crippen LogP contribution is 2.25. The molecule has 8 heteroatoms.